The quantitative estimate of drug-likeness (QED) is 0.807. The van der Waals surface area contributed by atoms with Crippen LogP contribution in [-0.4, -0.2) is 6.73 Å². The molecule has 3 rings (SSSR count). The molecule has 0 aliphatic carbocycles. The lowest BCUT2D eigenvalue weighted by atomic mass is 10.1. The zero-order chi connectivity index (χ0) is 11.0. The highest BCUT2D eigenvalue weighted by molar-refractivity contribution is 6.30. The van der Waals surface area contributed by atoms with Crippen LogP contribution in [0.25, 0.3) is 11.1 Å². The summed E-state index contributed by atoms with van der Waals surface area (Å²) in [5, 5.41) is 3.92. The molecule has 0 aromatic heterocycles. The SMILES string of the molecule is Clc1cccc(-c2ccc3c(c2)NCO3)c1. The number of anilines is 1. The zero-order valence-electron chi connectivity index (χ0n) is 8.53. The average Bonchev–Trinajstić information content (AvgIpc) is 2.75. The Kier molecular flexibility index (Phi) is 2.22. The summed E-state index contributed by atoms with van der Waals surface area (Å²) in [5.41, 5.74) is 3.29. The Bertz CT molecular complexity index is 539. The molecule has 0 bridgehead atoms. The summed E-state index contributed by atoms with van der Waals surface area (Å²) in [7, 11) is 0. The van der Waals surface area contributed by atoms with Gasteiger partial charge < -0.3 is 10.1 Å². The van der Waals surface area contributed by atoms with Crippen molar-refractivity contribution in [3.63, 3.8) is 0 Å². The van der Waals surface area contributed by atoms with Gasteiger partial charge in [0.05, 0.1) is 5.69 Å². The average molecular weight is 232 g/mol. The standard InChI is InChI=1S/C13H10ClNO/c14-11-3-1-2-9(6-11)10-4-5-13-12(7-10)15-8-16-13/h1-7,15H,8H2. The van der Waals surface area contributed by atoms with Gasteiger partial charge >= 0.3 is 0 Å². The molecule has 2 aromatic rings. The number of hydrogen-bond acceptors (Lipinski definition) is 2. The number of rotatable bonds is 1. The fourth-order valence-electron chi connectivity index (χ4n) is 1.83. The van der Waals surface area contributed by atoms with E-state index in [4.69, 9.17) is 16.3 Å². The van der Waals surface area contributed by atoms with Gasteiger partial charge in [-0.1, -0.05) is 29.8 Å². The van der Waals surface area contributed by atoms with Crippen LogP contribution in [0, 0.1) is 0 Å². The van der Waals surface area contributed by atoms with Crippen LogP contribution in [0.3, 0.4) is 0 Å². The van der Waals surface area contributed by atoms with Crippen molar-refractivity contribution >= 4 is 17.3 Å². The predicted octanol–water partition coefficient (Wildman–Crippen LogP) is 3.77. The highest BCUT2D eigenvalue weighted by Crippen LogP contribution is 2.34. The van der Waals surface area contributed by atoms with Gasteiger partial charge in [-0.15, -0.1) is 0 Å². The van der Waals surface area contributed by atoms with Crippen LogP contribution in [0.2, 0.25) is 5.02 Å². The van der Waals surface area contributed by atoms with Crippen LogP contribution in [0.15, 0.2) is 42.5 Å². The molecule has 1 heterocycles. The maximum Gasteiger partial charge on any atom is 0.159 e. The molecule has 0 radical (unpaired) electrons. The maximum absolute atomic E-state index is 5.97. The van der Waals surface area contributed by atoms with Gasteiger partial charge in [-0.2, -0.15) is 0 Å². The van der Waals surface area contributed by atoms with E-state index in [0.717, 1.165) is 27.6 Å². The number of hydrogen-bond donors (Lipinski definition) is 1. The lowest BCUT2D eigenvalue weighted by molar-refractivity contribution is 0.372. The van der Waals surface area contributed by atoms with Crippen LogP contribution in [0.1, 0.15) is 0 Å². The molecule has 1 N–H and O–H groups in total. The molecule has 2 aromatic carbocycles. The summed E-state index contributed by atoms with van der Waals surface area (Å²) in [4.78, 5) is 0. The molecule has 0 unspecified atom stereocenters. The number of benzene rings is 2. The van der Waals surface area contributed by atoms with Gasteiger partial charge in [-0.05, 0) is 35.4 Å². The summed E-state index contributed by atoms with van der Waals surface area (Å²) in [5.74, 6) is 0.908. The molecule has 1 aliphatic rings. The second kappa shape index (κ2) is 3.72. The first-order valence-corrected chi connectivity index (χ1v) is 5.47. The van der Waals surface area contributed by atoms with Gasteiger partial charge in [0, 0.05) is 5.02 Å². The second-order valence-electron chi connectivity index (χ2n) is 3.69. The predicted molar refractivity (Wildman–Crippen MR) is 66.0 cm³/mol. The van der Waals surface area contributed by atoms with Crippen molar-refractivity contribution in [2.45, 2.75) is 0 Å². The van der Waals surface area contributed by atoms with E-state index in [1.165, 1.54) is 0 Å². The van der Waals surface area contributed by atoms with E-state index in [9.17, 15) is 0 Å². The van der Waals surface area contributed by atoms with E-state index in [-0.39, 0.29) is 0 Å². The fraction of sp³-hybridized carbons (Fsp3) is 0.0769. The third kappa shape index (κ3) is 1.61. The zero-order valence-corrected chi connectivity index (χ0v) is 9.29. The highest BCUT2D eigenvalue weighted by Gasteiger charge is 2.11. The van der Waals surface area contributed by atoms with Crippen molar-refractivity contribution in [3.05, 3.63) is 47.5 Å². The van der Waals surface area contributed by atoms with Gasteiger partial charge in [0.25, 0.3) is 0 Å². The van der Waals surface area contributed by atoms with Crippen molar-refractivity contribution in [1.82, 2.24) is 0 Å². The summed E-state index contributed by atoms with van der Waals surface area (Å²) in [6.45, 7) is 0.550. The van der Waals surface area contributed by atoms with E-state index >= 15 is 0 Å². The second-order valence-corrected chi connectivity index (χ2v) is 4.12. The summed E-state index contributed by atoms with van der Waals surface area (Å²) in [6, 6.07) is 13.9. The lowest BCUT2D eigenvalue weighted by Gasteiger charge is -2.04. The van der Waals surface area contributed by atoms with E-state index in [1.54, 1.807) is 0 Å². The van der Waals surface area contributed by atoms with Crippen molar-refractivity contribution in [1.29, 1.82) is 0 Å². The Morgan fingerprint density at radius 3 is 2.81 bits per heavy atom. The molecule has 0 saturated heterocycles. The van der Waals surface area contributed by atoms with Crippen molar-refractivity contribution in [2.75, 3.05) is 12.0 Å². The minimum atomic E-state index is 0.550. The lowest BCUT2D eigenvalue weighted by Crippen LogP contribution is -1.96. The minimum Gasteiger partial charge on any atom is -0.471 e. The largest absolute Gasteiger partial charge is 0.471 e. The molecule has 80 valence electrons. The summed E-state index contributed by atoms with van der Waals surface area (Å²) >= 11 is 5.97. The Hall–Kier alpha value is -1.67. The third-order valence-electron chi connectivity index (χ3n) is 2.63. The molecular formula is C13H10ClNO. The minimum absolute atomic E-state index is 0.550. The number of ether oxygens (including phenoxy) is 1. The first-order chi connectivity index (χ1) is 7.83. The van der Waals surface area contributed by atoms with E-state index < -0.39 is 0 Å². The third-order valence-corrected chi connectivity index (χ3v) is 2.86. The molecule has 0 atom stereocenters. The first-order valence-electron chi connectivity index (χ1n) is 5.09. The van der Waals surface area contributed by atoms with Crippen LogP contribution in [-0.2, 0) is 0 Å². The molecular weight excluding hydrogens is 222 g/mol. The molecule has 0 amide bonds. The van der Waals surface area contributed by atoms with E-state index in [1.807, 2.05) is 36.4 Å². The Labute approximate surface area is 98.8 Å². The molecule has 0 fully saturated rings. The van der Waals surface area contributed by atoms with Crippen LogP contribution >= 0.6 is 11.6 Å². The Morgan fingerprint density at radius 1 is 1.06 bits per heavy atom. The van der Waals surface area contributed by atoms with Crippen LogP contribution in [0.5, 0.6) is 5.75 Å². The molecule has 0 saturated carbocycles. The fourth-order valence-corrected chi connectivity index (χ4v) is 2.02. The first kappa shape index (κ1) is 9.55. The molecule has 3 heteroatoms. The number of halogens is 1. The topological polar surface area (TPSA) is 21.3 Å². The summed E-state index contributed by atoms with van der Waals surface area (Å²) < 4.78 is 5.38. The van der Waals surface area contributed by atoms with Crippen molar-refractivity contribution < 1.29 is 4.74 Å². The highest BCUT2D eigenvalue weighted by atomic mass is 35.5. The monoisotopic (exact) mass is 231 g/mol. The van der Waals surface area contributed by atoms with Crippen molar-refractivity contribution in [2.24, 2.45) is 0 Å². The number of nitrogens with one attached hydrogen (secondary N) is 1. The van der Waals surface area contributed by atoms with Crippen LogP contribution < -0.4 is 10.1 Å². The molecule has 2 nitrogen and oxygen atoms in total. The van der Waals surface area contributed by atoms with Gasteiger partial charge in [0.15, 0.2) is 6.73 Å². The Morgan fingerprint density at radius 2 is 1.94 bits per heavy atom. The summed E-state index contributed by atoms with van der Waals surface area (Å²) in [6.07, 6.45) is 0. The van der Waals surface area contributed by atoms with Gasteiger partial charge in [-0.25, -0.2) is 0 Å². The van der Waals surface area contributed by atoms with Crippen molar-refractivity contribution in [3.8, 4) is 16.9 Å². The van der Waals surface area contributed by atoms with Crippen LogP contribution in [0.4, 0.5) is 5.69 Å². The molecule has 16 heavy (non-hydrogen) atoms. The normalized spacial score (nSPS) is 12.8. The van der Waals surface area contributed by atoms with E-state index in [2.05, 4.69) is 11.4 Å². The number of fused-ring (bicyclic) bond motifs is 1. The van der Waals surface area contributed by atoms with E-state index in [0.29, 0.717) is 6.73 Å². The Balaban J connectivity index is 2.07. The smallest absolute Gasteiger partial charge is 0.159 e. The van der Waals surface area contributed by atoms with Gasteiger partial charge in [-0.3, -0.25) is 0 Å². The molecule has 0 spiro atoms. The van der Waals surface area contributed by atoms with Gasteiger partial charge in [0.1, 0.15) is 5.75 Å². The molecule has 1 aliphatic heterocycles. The maximum atomic E-state index is 5.97. The van der Waals surface area contributed by atoms with Gasteiger partial charge in [0.2, 0.25) is 0 Å².